The van der Waals surface area contributed by atoms with Crippen molar-refractivity contribution in [1.82, 2.24) is 0 Å². The number of rotatable bonds is 1. The molecule has 2 heteroatoms. The molecule has 0 unspecified atom stereocenters. The molecule has 0 spiro atoms. The first-order valence-electron chi connectivity index (χ1n) is 6.28. The fourth-order valence-electron chi connectivity index (χ4n) is 3.82. The highest BCUT2D eigenvalue weighted by Gasteiger charge is 2.57. The minimum Gasteiger partial charge on any atom is -0.457 e. The summed E-state index contributed by atoms with van der Waals surface area (Å²) in [6.07, 6.45) is 5.62. The number of hydrogen-bond donors (Lipinski definition) is 0. The Balaban J connectivity index is 1.75. The van der Waals surface area contributed by atoms with E-state index in [-0.39, 0.29) is 18.0 Å². The Labute approximate surface area is 100 Å². The van der Waals surface area contributed by atoms with Gasteiger partial charge in [-0.25, -0.2) is 0 Å². The molecule has 1 aromatic rings. The number of allylic oxidation sites excluding steroid dienone is 2. The van der Waals surface area contributed by atoms with E-state index in [2.05, 4.69) is 24.3 Å². The number of carbonyl (C=O) groups is 1. The third kappa shape index (κ3) is 1.18. The van der Waals surface area contributed by atoms with Gasteiger partial charge >= 0.3 is 5.97 Å². The lowest BCUT2D eigenvalue weighted by Crippen LogP contribution is -2.21. The fraction of sp³-hybridized carbons (Fsp3) is 0.400. The summed E-state index contributed by atoms with van der Waals surface area (Å²) in [5.41, 5.74) is 1.15. The molecule has 2 aliphatic carbocycles. The van der Waals surface area contributed by atoms with Crippen LogP contribution in [-0.4, -0.2) is 5.97 Å². The van der Waals surface area contributed by atoms with Gasteiger partial charge in [0, 0.05) is 5.92 Å². The van der Waals surface area contributed by atoms with E-state index in [1.165, 1.54) is 0 Å². The van der Waals surface area contributed by atoms with Gasteiger partial charge in [-0.1, -0.05) is 42.5 Å². The van der Waals surface area contributed by atoms with E-state index in [9.17, 15) is 4.79 Å². The van der Waals surface area contributed by atoms with Crippen LogP contribution < -0.4 is 0 Å². The SMILES string of the molecule is O=C1O[C@@H](c2ccccc2)[C@H]2[C@@H]1[C@H]1C=C[C@@H]2C1. The molecule has 3 aliphatic rings. The highest BCUT2D eigenvalue weighted by atomic mass is 16.6. The summed E-state index contributed by atoms with van der Waals surface area (Å²) in [6, 6.07) is 10.2. The van der Waals surface area contributed by atoms with Gasteiger partial charge in [0.2, 0.25) is 0 Å². The van der Waals surface area contributed by atoms with E-state index < -0.39 is 0 Å². The third-order valence-electron chi connectivity index (χ3n) is 4.51. The van der Waals surface area contributed by atoms with E-state index in [0.717, 1.165) is 12.0 Å². The predicted octanol–water partition coefficient (Wildman–Crippen LogP) is 2.72. The molecule has 5 atom stereocenters. The Hall–Kier alpha value is -1.57. The minimum atomic E-state index is -0.0198. The van der Waals surface area contributed by atoms with Gasteiger partial charge in [0.1, 0.15) is 6.10 Å². The zero-order chi connectivity index (χ0) is 11.4. The summed E-state index contributed by atoms with van der Waals surface area (Å²) < 4.78 is 5.62. The Morgan fingerprint density at radius 3 is 2.65 bits per heavy atom. The van der Waals surface area contributed by atoms with Gasteiger partial charge in [-0.2, -0.15) is 0 Å². The summed E-state index contributed by atoms with van der Waals surface area (Å²) in [5, 5.41) is 0. The van der Waals surface area contributed by atoms with E-state index in [1.807, 2.05) is 18.2 Å². The van der Waals surface area contributed by atoms with Crippen molar-refractivity contribution < 1.29 is 9.53 Å². The van der Waals surface area contributed by atoms with Gasteiger partial charge in [0.25, 0.3) is 0 Å². The van der Waals surface area contributed by atoms with E-state index >= 15 is 0 Å². The van der Waals surface area contributed by atoms with Crippen LogP contribution in [0.2, 0.25) is 0 Å². The van der Waals surface area contributed by atoms with Crippen molar-refractivity contribution >= 4 is 5.97 Å². The number of esters is 1. The van der Waals surface area contributed by atoms with Crippen LogP contribution in [0.4, 0.5) is 0 Å². The second kappa shape index (κ2) is 3.22. The number of carbonyl (C=O) groups excluding carboxylic acids is 1. The molecule has 2 fully saturated rings. The van der Waals surface area contributed by atoms with Crippen LogP contribution in [0.5, 0.6) is 0 Å². The van der Waals surface area contributed by atoms with Crippen molar-refractivity contribution in [3.8, 4) is 0 Å². The monoisotopic (exact) mass is 226 g/mol. The third-order valence-corrected chi connectivity index (χ3v) is 4.51. The Morgan fingerprint density at radius 1 is 1.06 bits per heavy atom. The lowest BCUT2D eigenvalue weighted by atomic mass is 9.80. The lowest BCUT2D eigenvalue weighted by Gasteiger charge is -2.22. The summed E-state index contributed by atoms with van der Waals surface area (Å²) in [6.45, 7) is 0. The largest absolute Gasteiger partial charge is 0.457 e. The molecule has 0 amide bonds. The number of cyclic esters (lactones) is 1. The maximum absolute atomic E-state index is 12.0. The van der Waals surface area contributed by atoms with Gasteiger partial charge in [-0.05, 0) is 23.8 Å². The van der Waals surface area contributed by atoms with E-state index in [0.29, 0.717) is 17.8 Å². The quantitative estimate of drug-likeness (QED) is 0.543. The van der Waals surface area contributed by atoms with Gasteiger partial charge in [-0.3, -0.25) is 4.79 Å². The number of ether oxygens (including phenoxy) is 1. The maximum Gasteiger partial charge on any atom is 0.310 e. The maximum atomic E-state index is 12.0. The van der Waals surface area contributed by atoms with Crippen molar-refractivity contribution in [3.63, 3.8) is 0 Å². The van der Waals surface area contributed by atoms with E-state index in [1.54, 1.807) is 0 Å². The Morgan fingerprint density at radius 2 is 1.82 bits per heavy atom. The molecular formula is C15H14O2. The number of hydrogen-bond acceptors (Lipinski definition) is 2. The summed E-state index contributed by atoms with van der Waals surface area (Å²) in [7, 11) is 0. The van der Waals surface area contributed by atoms with Crippen molar-refractivity contribution in [2.24, 2.45) is 23.7 Å². The molecule has 1 heterocycles. The zero-order valence-electron chi connectivity index (χ0n) is 9.45. The normalized spacial score (nSPS) is 41.6. The number of fused-ring (bicyclic) bond motifs is 5. The average molecular weight is 226 g/mol. The van der Waals surface area contributed by atoms with Crippen LogP contribution in [0.3, 0.4) is 0 Å². The minimum absolute atomic E-state index is 0.0145. The van der Waals surface area contributed by atoms with Crippen LogP contribution in [0.1, 0.15) is 18.1 Å². The second-order valence-electron chi connectivity index (χ2n) is 5.32. The molecule has 86 valence electrons. The Kier molecular flexibility index (Phi) is 1.79. The standard InChI is InChI=1S/C15H14O2/c16-15-13-11-7-6-10(8-11)12(13)14(17-15)9-4-2-1-3-5-9/h1-7,10-14H,8H2/t10-,11+,12-,13+,14+/m1/s1. The summed E-state index contributed by atoms with van der Waals surface area (Å²) in [4.78, 5) is 12.0. The first-order valence-corrected chi connectivity index (χ1v) is 6.28. The molecule has 17 heavy (non-hydrogen) atoms. The first-order chi connectivity index (χ1) is 8.34. The molecule has 1 saturated heterocycles. The van der Waals surface area contributed by atoms with Crippen LogP contribution >= 0.6 is 0 Å². The van der Waals surface area contributed by atoms with Crippen LogP contribution in [0.15, 0.2) is 42.5 Å². The molecule has 0 N–H and O–H groups in total. The molecule has 1 saturated carbocycles. The van der Waals surface area contributed by atoms with E-state index in [4.69, 9.17) is 4.74 Å². The van der Waals surface area contributed by atoms with Crippen LogP contribution in [0, 0.1) is 23.7 Å². The fourth-order valence-corrected chi connectivity index (χ4v) is 3.82. The molecule has 0 aromatic heterocycles. The van der Waals surface area contributed by atoms with Gasteiger partial charge in [0.15, 0.2) is 0 Å². The van der Waals surface area contributed by atoms with Crippen molar-refractivity contribution in [2.45, 2.75) is 12.5 Å². The summed E-state index contributed by atoms with van der Waals surface area (Å²) >= 11 is 0. The van der Waals surface area contributed by atoms with Crippen molar-refractivity contribution in [1.29, 1.82) is 0 Å². The smallest absolute Gasteiger partial charge is 0.310 e. The highest BCUT2D eigenvalue weighted by Crippen LogP contribution is 2.57. The molecule has 2 nitrogen and oxygen atoms in total. The summed E-state index contributed by atoms with van der Waals surface area (Å²) in [5.74, 6) is 1.49. The zero-order valence-corrected chi connectivity index (χ0v) is 9.45. The molecule has 1 aromatic carbocycles. The molecular weight excluding hydrogens is 212 g/mol. The van der Waals surface area contributed by atoms with Crippen molar-refractivity contribution in [2.75, 3.05) is 0 Å². The molecule has 2 bridgehead atoms. The predicted molar refractivity (Wildman–Crippen MR) is 63.0 cm³/mol. The highest BCUT2D eigenvalue weighted by molar-refractivity contribution is 5.77. The average Bonchev–Trinajstić information content (AvgIpc) is 3.03. The Bertz CT molecular complexity index is 491. The van der Waals surface area contributed by atoms with Crippen molar-refractivity contribution in [3.05, 3.63) is 48.0 Å². The first kappa shape index (κ1) is 9.46. The second-order valence-corrected chi connectivity index (χ2v) is 5.32. The number of benzene rings is 1. The topological polar surface area (TPSA) is 26.3 Å². The molecule has 4 rings (SSSR count). The van der Waals surface area contributed by atoms with Crippen LogP contribution in [-0.2, 0) is 9.53 Å². The lowest BCUT2D eigenvalue weighted by molar-refractivity contribution is -0.145. The molecule has 1 aliphatic heterocycles. The van der Waals surface area contributed by atoms with Gasteiger partial charge in [0.05, 0.1) is 5.92 Å². The van der Waals surface area contributed by atoms with Gasteiger partial charge < -0.3 is 4.74 Å². The van der Waals surface area contributed by atoms with Gasteiger partial charge in [-0.15, -0.1) is 0 Å². The van der Waals surface area contributed by atoms with Crippen LogP contribution in [0.25, 0.3) is 0 Å². The molecule has 0 radical (unpaired) electrons.